The van der Waals surface area contributed by atoms with Crippen LogP contribution >= 0.6 is 0 Å². The van der Waals surface area contributed by atoms with Crippen LogP contribution in [-0.4, -0.2) is 48.0 Å². The zero-order valence-electron chi connectivity index (χ0n) is 18.8. The number of methoxy groups -OCH3 is 1. The van der Waals surface area contributed by atoms with E-state index in [4.69, 9.17) is 10.5 Å². The van der Waals surface area contributed by atoms with Gasteiger partial charge < -0.3 is 20.7 Å². The second-order valence-electron chi connectivity index (χ2n) is 8.39. The highest BCUT2D eigenvalue weighted by Gasteiger charge is 2.32. The number of hydrogen-bond donors (Lipinski definition) is 2. The first-order valence-electron chi connectivity index (χ1n) is 11.0. The fraction of sp³-hybridized carbons (Fsp3) is 0.400. The van der Waals surface area contributed by atoms with Gasteiger partial charge in [0.05, 0.1) is 18.8 Å². The van der Waals surface area contributed by atoms with Crippen LogP contribution in [0, 0.1) is 11.8 Å². The van der Waals surface area contributed by atoms with E-state index in [1.165, 1.54) is 7.11 Å². The van der Waals surface area contributed by atoms with Gasteiger partial charge in [-0.15, -0.1) is 0 Å². The molecule has 1 unspecified atom stereocenters. The summed E-state index contributed by atoms with van der Waals surface area (Å²) in [7, 11) is 1.38. The number of carbonyl (C=O) groups excluding carboxylic acids is 2. The molecule has 0 spiro atoms. The Balaban J connectivity index is 1.65. The van der Waals surface area contributed by atoms with Crippen LogP contribution in [0.15, 0.2) is 61.2 Å². The van der Waals surface area contributed by atoms with E-state index in [0.717, 1.165) is 37.1 Å². The van der Waals surface area contributed by atoms with Crippen molar-refractivity contribution in [3.05, 3.63) is 66.8 Å². The van der Waals surface area contributed by atoms with E-state index >= 15 is 0 Å². The van der Waals surface area contributed by atoms with Gasteiger partial charge in [0.25, 0.3) is 5.91 Å². The van der Waals surface area contributed by atoms with Crippen molar-refractivity contribution in [2.75, 3.05) is 20.2 Å². The van der Waals surface area contributed by atoms with E-state index in [1.54, 1.807) is 24.5 Å². The molecular weight excluding hydrogens is 404 g/mol. The second kappa shape index (κ2) is 10.8. The Hall–Kier alpha value is -3.35. The molecule has 1 aliphatic rings. The van der Waals surface area contributed by atoms with Crippen LogP contribution in [0.3, 0.4) is 0 Å². The fourth-order valence-corrected chi connectivity index (χ4v) is 4.27. The summed E-state index contributed by atoms with van der Waals surface area (Å²) in [4.78, 5) is 31.5. The third-order valence-electron chi connectivity index (χ3n) is 6.12. The van der Waals surface area contributed by atoms with Crippen molar-refractivity contribution in [2.45, 2.75) is 32.2 Å². The number of amides is 1. The summed E-state index contributed by atoms with van der Waals surface area (Å²) in [5.74, 6) is -0.126. The molecular formula is C25H32N4O3. The molecule has 1 saturated heterocycles. The Morgan fingerprint density at radius 1 is 1.28 bits per heavy atom. The highest BCUT2D eigenvalue weighted by Crippen LogP contribution is 2.27. The molecule has 170 valence electrons. The van der Waals surface area contributed by atoms with E-state index in [-0.39, 0.29) is 23.8 Å². The number of nitrogens with one attached hydrogen (secondary N) is 1. The van der Waals surface area contributed by atoms with Crippen molar-refractivity contribution in [1.82, 2.24) is 15.2 Å². The summed E-state index contributed by atoms with van der Waals surface area (Å²) in [6.45, 7) is 7.33. The predicted octanol–water partition coefficient (Wildman–Crippen LogP) is 3.19. The maximum Gasteiger partial charge on any atom is 0.310 e. The number of likely N-dealkylation sites (tertiary alicyclic amines) is 1. The summed E-state index contributed by atoms with van der Waals surface area (Å²) in [5.41, 5.74) is 8.37. The number of nitrogens with zero attached hydrogens (tertiary/aromatic N) is 2. The van der Waals surface area contributed by atoms with Gasteiger partial charge in [0, 0.05) is 37.1 Å². The minimum Gasteiger partial charge on any atom is -0.469 e. The van der Waals surface area contributed by atoms with Gasteiger partial charge in [-0.1, -0.05) is 24.8 Å². The summed E-state index contributed by atoms with van der Waals surface area (Å²) < 4.78 is 5.05. The highest BCUT2D eigenvalue weighted by molar-refractivity contribution is 5.95. The third kappa shape index (κ3) is 5.87. The molecule has 1 aliphatic heterocycles. The maximum absolute atomic E-state index is 12.8. The van der Waals surface area contributed by atoms with Crippen LogP contribution in [0.4, 0.5) is 0 Å². The van der Waals surface area contributed by atoms with Gasteiger partial charge >= 0.3 is 5.97 Å². The Labute approximate surface area is 189 Å². The Bertz CT molecular complexity index is 930. The first-order chi connectivity index (χ1) is 15.4. The Morgan fingerprint density at radius 2 is 2.03 bits per heavy atom. The first kappa shape index (κ1) is 23.3. The number of carbonyl (C=O) groups is 2. The van der Waals surface area contributed by atoms with Gasteiger partial charge in [-0.2, -0.15) is 0 Å². The molecule has 7 nitrogen and oxygen atoms in total. The van der Waals surface area contributed by atoms with Gasteiger partial charge in [-0.3, -0.25) is 14.6 Å². The second-order valence-corrected chi connectivity index (χ2v) is 8.39. The number of nitrogens with two attached hydrogens (primary N) is 1. The van der Waals surface area contributed by atoms with Crippen LogP contribution in [-0.2, 0) is 9.53 Å². The van der Waals surface area contributed by atoms with Crippen molar-refractivity contribution in [3.8, 4) is 11.1 Å². The van der Waals surface area contributed by atoms with Crippen molar-refractivity contribution in [3.63, 3.8) is 0 Å². The lowest BCUT2D eigenvalue weighted by Gasteiger charge is -2.36. The van der Waals surface area contributed by atoms with Crippen LogP contribution < -0.4 is 11.1 Å². The molecule has 3 N–H and O–H groups in total. The van der Waals surface area contributed by atoms with Crippen molar-refractivity contribution in [1.29, 1.82) is 0 Å². The van der Waals surface area contributed by atoms with Crippen LogP contribution in [0.25, 0.3) is 11.1 Å². The third-order valence-corrected chi connectivity index (χ3v) is 6.12. The van der Waals surface area contributed by atoms with E-state index < -0.39 is 5.92 Å². The number of rotatable bonds is 8. The zero-order chi connectivity index (χ0) is 23.1. The molecule has 2 heterocycles. The van der Waals surface area contributed by atoms with Gasteiger partial charge in [0.15, 0.2) is 0 Å². The van der Waals surface area contributed by atoms with Gasteiger partial charge in [-0.25, -0.2) is 0 Å². The average Bonchev–Trinajstić information content (AvgIpc) is 2.82. The molecule has 3 rings (SSSR count). The highest BCUT2D eigenvalue weighted by atomic mass is 16.5. The van der Waals surface area contributed by atoms with Gasteiger partial charge in [0.2, 0.25) is 0 Å². The minimum atomic E-state index is -0.436. The number of ether oxygens (including phenoxy) is 1. The monoisotopic (exact) mass is 436 g/mol. The molecule has 32 heavy (non-hydrogen) atoms. The van der Waals surface area contributed by atoms with Gasteiger partial charge in [0.1, 0.15) is 0 Å². The van der Waals surface area contributed by atoms with Crippen molar-refractivity contribution in [2.24, 2.45) is 17.6 Å². The molecule has 1 aromatic heterocycles. The van der Waals surface area contributed by atoms with Crippen LogP contribution in [0.5, 0.6) is 0 Å². The van der Waals surface area contributed by atoms with E-state index in [2.05, 4.69) is 21.8 Å². The quantitative estimate of drug-likeness (QED) is 0.617. The largest absolute Gasteiger partial charge is 0.469 e. The predicted molar refractivity (Wildman–Crippen MR) is 124 cm³/mol. The lowest BCUT2D eigenvalue weighted by Crippen LogP contribution is -2.44. The normalized spacial score (nSPS) is 17.8. The molecule has 1 amide bonds. The smallest absolute Gasteiger partial charge is 0.310 e. The minimum absolute atomic E-state index is 0.218. The molecule has 1 fully saturated rings. The average molecular weight is 437 g/mol. The number of piperidine rings is 1. The number of esters is 1. The number of pyridine rings is 1. The van der Waals surface area contributed by atoms with Crippen LogP contribution in [0.2, 0.25) is 0 Å². The van der Waals surface area contributed by atoms with Crippen molar-refractivity contribution < 1.29 is 14.3 Å². The molecule has 2 aromatic rings. The molecule has 0 saturated carbocycles. The SMILES string of the molecule is C=C(N)N1CCCC(C[C@@H](C(=O)OC)[C@@H](C)NC(=O)c2ccc(-c3cccnc3)cc2)C1. The molecule has 3 atom stereocenters. The Morgan fingerprint density at radius 3 is 2.66 bits per heavy atom. The van der Waals surface area contributed by atoms with E-state index in [1.807, 2.05) is 31.2 Å². The lowest BCUT2D eigenvalue weighted by molar-refractivity contribution is -0.147. The number of benzene rings is 1. The molecule has 0 bridgehead atoms. The summed E-state index contributed by atoms with van der Waals surface area (Å²) in [6, 6.07) is 10.8. The van der Waals surface area contributed by atoms with Crippen molar-refractivity contribution >= 4 is 11.9 Å². The lowest BCUT2D eigenvalue weighted by atomic mass is 9.85. The topological polar surface area (TPSA) is 97.5 Å². The maximum atomic E-state index is 12.8. The number of aromatic nitrogens is 1. The zero-order valence-corrected chi connectivity index (χ0v) is 18.8. The molecule has 0 aliphatic carbocycles. The summed E-state index contributed by atoms with van der Waals surface area (Å²) in [5, 5.41) is 2.99. The summed E-state index contributed by atoms with van der Waals surface area (Å²) >= 11 is 0. The molecule has 1 aromatic carbocycles. The molecule has 0 radical (unpaired) electrons. The van der Waals surface area contributed by atoms with E-state index in [9.17, 15) is 9.59 Å². The summed E-state index contributed by atoms with van der Waals surface area (Å²) in [6.07, 6.45) is 6.14. The van der Waals surface area contributed by atoms with E-state index in [0.29, 0.717) is 17.8 Å². The fourth-order valence-electron chi connectivity index (χ4n) is 4.27. The standard InChI is InChI=1S/C25H32N4O3/c1-17(23(25(31)32-3)14-19-6-5-13-29(16-19)18(2)26)28-24(30)21-10-8-20(9-11-21)22-7-4-12-27-15-22/h4,7-12,15,17,19,23H,2,5-6,13-14,16,26H2,1,3H3,(H,28,30)/t17-,19?,23-/m1/s1. The Kier molecular flexibility index (Phi) is 7.87. The molecule has 7 heteroatoms. The number of hydrogen-bond acceptors (Lipinski definition) is 6. The first-order valence-corrected chi connectivity index (χ1v) is 11.0. The van der Waals surface area contributed by atoms with Crippen LogP contribution in [0.1, 0.15) is 36.5 Å². The van der Waals surface area contributed by atoms with Gasteiger partial charge in [-0.05, 0) is 61.4 Å².